The fourth-order valence-electron chi connectivity index (χ4n) is 2.50. The number of hydrogen-bond donors (Lipinski definition) is 2. The minimum absolute atomic E-state index is 0.0270. The summed E-state index contributed by atoms with van der Waals surface area (Å²) in [4.78, 5) is 0. The van der Waals surface area contributed by atoms with Crippen LogP contribution in [0.2, 0.25) is 0 Å². The second-order valence-corrected chi connectivity index (χ2v) is 5.95. The summed E-state index contributed by atoms with van der Waals surface area (Å²) >= 11 is 5.36. The van der Waals surface area contributed by atoms with Crippen molar-refractivity contribution in [3.8, 4) is 0 Å². The van der Waals surface area contributed by atoms with Crippen LogP contribution in [-0.4, -0.2) is 11.7 Å². The van der Waals surface area contributed by atoms with Crippen LogP contribution in [0.5, 0.6) is 0 Å². The molecule has 3 nitrogen and oxygen atoms in total. The summed E-state index contributed by atoms with van der Waals surface area (Å²) < 4.78 is 5.85. The zero-order valence-electron chi connectivity index (χ0n) is 13.1. The third kappa shape index (κ3) is 4.11. The molecule has 0 amide bonds. The smallest absolute Gasteiger partial charge is 0.166 e. The van der Waals surface area contributed by atoms with Gasteiger partial charge in [0.15, 0.2) is 5.11 Å². The number of fused-ring (bicyclic) bond motifs is 1. The summed E-state index contributed by atoms with van der Waals surface area (Å²) in [5.74, 6) is 0.887. The largest absolute Gasteiger partial charge is 0.459 e. The van der Waals surface area contributed by atoms with Crippen molar-refractivity contribution < 1.29 is 4.42 Å². The highest BCUT2D eigenvalue weighted by molar-refractivity contribution is 7.80. The van der Waals surface area contributed by atoms with Gasteiger partial charge in [-0.05, 0) is 43.3 Å². The van der Waals surface area contributed by atoms with Crippen LogP contribution in [0.15, 0.2) is 65.1 Å². The minimum atomic E-state index is 0.0270. The summed E-state index contributed by atoms with van der Waals surface area (Å²) in [7, 11) is 0. The van der Waals surface area contributed by atoms with Crippen LogP contribution < -0.4 is 10.6 Å². The van der Waals surface area contributed by atoms with E-state index in [9.17, 15) is 0 Å². The standard InChI is InChI=1S/C19H20N2OS/c1-14(18-13-16-9-5-6-10-17(16)22-18)21-19(23)20-12-11-15-7-3-2-4-8-15/h2-10,13-14H,11-12H2,1H3,(H2,20,21,23)/t14-/m0/s1. The molecule has 2 N–H and O–H groups in total. The molecule has 0 fully saturated rings. The first-order valence-electron chi connectivity index (χ1n) is 7.79. The third-order valence-corrected chi connectivity index (χ3v) is 4.02. The highest BCUT2D eigenvalue weighted by atomic mass is 32.1. The van der Waals surface area contributed by atoms with Gasteiger partial charge in [0.25, 0.3) is 0 Å². The summed E-state index contributed by atoms with van der Waals surface area (Å²) in [5.41, 5.74) is 2.20. The highest BCUT2D eigenvalue weighted by Crippen LogP contribution is 2.23. The zero-order valence-corrected chi connectivity index (χ0v) is 13.9. The summed E-state index contributed by atoms with van der Waals surface area (Å²) in [6, 6.07) is 20.5. The van der Waals surface area contributed by atoms with Crippen LogP contribution in [0.1, 0.15) is 24.3 Å². The Labute approximate surface area is 141 Å². The topological polar surface area (TPSA) is 37.2 Å². The highest BCUT2D eigenvalue weighted by Gasteiger charge is 2.12. The lowest BCUT2D eigenvalue weighted by molar-refractivity contribution is 0.490. The number of thiocarbonyl (C=S) groups is 1. The molecule has 0 aliphatic rings. The van der Waals surface area contributed by atoms with E-state index in [2.05, 4.69) is 41.0 Å². The first kappa shape index (κ1) is 15.6. The van der Waals surface area contributed by atoms with Gasteiger partial charge in [0.1, 0.15) is 11.3 Å². The van der Waals surface area contributed by atoms with E-state index in [-0.39, 0.29) is 6.04 Å². The number of rotatable bonds is 5. The van der Waals surface area contributed by atoms with Gasteiger partial charge >= 0.3 is 0 Å². The van der Waals surface area contributed by atoms with Crippen molar-refractivity contribution in [3.05, 3.63) is 72.0 Å². The lowest BCUT2D eigenvalue weighted by atomic mass is 10.1. The minimum Gasteiger partial charge on any atom is -0.459 e. The Morgan fingerprint density at radius 1 is 1.09 bits per heavy atom. The first-order chi connectivity index (χ1) is 11.2. The predicted molar refractivity (Wildman–Crippen MR) is 98.5 cm³/mol. The Balaban J connectivity index is 1.51. The monoisotopic (exact) mass is 324 g/mol. The molecule has 3 rings (SSSR count). The predicted octanol–water partition coefficient (Wildman–Crippen LogP) is 4.20. The molecule has 118 valence electrons. The van der Waals surface area contributed by atoms with Gasteiger partial charge in [0, 0.05) is 11.9 Å². The van der Waals surface area contributed by atoms with E-state index in [0.29, 0.717) is 5.11 Å². The summed E-state index contributed by atoms with van der Waals surface area (Å²) in [6.45, 7) is 2.85. The van der Waals surface area contributed by atoms with Gasteiger partial charge in [-0.2, -0.15) is 0 Å². The molecule has 4 heteroatoms. The molecular formula is C19H20N2OS. The second-order valence-electron chi connectivity index (χ2n) is 5.54. The Morgan fingerprint density at radius 2 is 1.83 bits per heavy atom. The number of para-hydroxylation sites is 1. The van der Waals surface area contributed by atoms with Crippen LogP contribution in [0.4, 0.5) is 0 Å². The van der Waals surface area contributed by atoms with E-state index in [1.54, 1.807) is 0 Å². The van der Waals surface area contributed by atoms with Gasteiger partial charge in [-0.3, -0.25) is 0 Å². The molecule has 0 saturated carbocycles. The fraction of sp³-hybridized carbons (Fsp3) is 0.211. The van der Waals surface area contributed by atoms with Gasteiger partial charge in [0.2, 0.25) is 0 Å². The van der Waals surface area contributed by atoms with Crippen molar-refractivity contribution in [3.63, 3.8) is 0 Å². The van der Waals surface area contributed by atoms with E-state index < -0.39 is 0 Å². The average Bonchev–Trinajstić information content (AvgIpc) is 3.00. The van der Waals surface area contributed by atoms with Crippen molar-refractivity contribution >= 4 is 28.3 Å². The Kier molecular flexibility index (Phi) is 4.93. The van der Waals surface area contributed by atoms with Gasteiger partial charge in [-0.25, -0.2) is 0 Å². The van der Waals surface area contributed by atoms with E-state index in [1.807, 2.05) is 37.3 Å². The van der Waals surface area contributed by atoms with Crippen LogP contribution in [0.25, 0.3) is 11.0 Å². The number of benzene rings is 2. The third-order valence-electron chi connectivity index (χ3n) is 3.76. The van der Waals surface area contributed by atoms with Gasteiger partial charge in [-0.15, -0.1) is 0 Å². The van der Waals surface area contributed by atoms with E-state index >= 15 is 0 Å². The van der Waals surface area contributed by atoms with Crippen molar-refractivity contribution in [2.75, 3.05) is 6.54 Å². The normalized spacial score (nSPS) is 12.0. The van der Waals surface area contributed by atoms with Crippen molar-refractivity contribution in [1.82, 2.24) is 10.6 Å². The lowest BCUT2D eigenvalue weighted by Gasteiger charge is -2.15. The van der Waals surface area contributed by atoms with Gasteiger partial charge in [0.05, 0.1) is 6.04 Å². The van der Waals surface area contributed by atoms with Crippen LogP contribution in [-0.2, 0) is 6.42 Å². The molecule has 2 aromatic carbocycles. The second kappa shape index (κ2) is 7.29. The molecule has 0 radical (unpaired) electrons. The van der Waals surface area contributed by atoms with Crippen LogP contribution in [0.3, 0.4) is 0 Å². The molecular weight excluding hydrogens is 304 g/mol. The molecule has 0 unspecified atom stereocenters. The number of furan rings is 1. The van der Waals surface area contributed by atoms with Crippen molar-refractivity contribution in [2.24, 2.45) is 0 Å². The van der Waals surface area contributed by atoms with Crippen molar-refractivity contribution in [2.45, 2.75) is 19.4 Å². The summed E-state index contributed by atoms with van der Waals surface area (Å²) in [5, 5.41) is 8.27. The molecule has 23 heavy (non-hydrogen) atoms. The van der Waals surface area contributed by atoms with Gasteiger partial charge in [-0.1, -0.05) is 48.5 Å². The van der Waals surface area contributed by atoms with Crippen molar-refractivity contribution in [1.29, 1.82) is 0 Å². The molecule has 1 aromatic heterocycles. The molecule has 3 aromatic rings. The molecule has 1 atom stereocenters. The average molecular weight is 324 g/mol. The summed E-state index contributed by atoms with van der Waals surface area (Å²) in [6.07, 6.45) is 0.946. The SMILES string of the molecule is C[C@H](NC(=S)NCCc1ccccc1)c1cc2ccccc2o1. The Bertz CT molecular complexity index is 749. The number of nitrogens with one attached hydrogen (secondary N) is 2. The zero-order chi connectivity index (χ0) is 16.1. The molecule has 0 aliphatic carbocycles. The van der Waals surface area contributed by atoms with Crippen LogP contribution in [0, 0.1) is 0 Å². The van der Waals surface area contributed by atoms with Gasteiger partial charge < -0.3 is 15.1 Å². The van der Waals surface area contributed by atoms with Crippen LogP contribution >= 0.6 is 12.2 Å². The van der Waals surface area contributed by atoms with E-state index in [0.717, 1.165) is 29.7 Å². The number of hydrogen-bond acceptors (Lipinski definition) is 2. The lowest BCUT2D eigenvalue weighted by Crippen LogP contribution is -2.37. The first-order valence-corrected chi connectivity index (χ1v) is 8.20. The molecule has 0 saturated heterocycles. The Morgan fingerprint density at radius 3 is 2.61 bits per heavy atom. The molecule has 0 spiro atoms. The maximum absolute atomic E-state index is 5.85. The maximum Gasteiger partial charge on any atom is 0.166 e. The van der Waals surface area contributed by atoms with E-state index in [4.69, 9.17) is 16.6 Å². The molecule has 1 heterocycles. The maximum atomic E-state index is 5.85. The van der Waals surface area contributed by atoms with E-state index in [1.165, 1.54) is 5.56 Å². The molecule has 0 aliphatic heterocycles. The quantitative estimate of drug-likeness (QED) is 0.690. The Hall–Kier alpha value is -2.33. The fourth-order valence-corrected chi connectivity index (χ4v) is 2.78. The molecule has 0 bridgehead atoms.